The Morgan fingerprint density at radius 2 is 2.15 bits per heavy atom. The molecule has 0 aromatic rings. The number of likely N-dealkylation sites (tertiary alicyclic amines) is 1. The number of piperidine rings is 1. The van der Waals surface area contributed by atoms with Gasteiger partial charge in [0.05, 0.1) is 11.4 Å². The molecule has 2 rings (SSSR count). The zero-order valence-electron chi connectivity index (χ0n) is 11.8. The van der Waals surface area contributed by atoms with Crippen molar-refractivity contribution < 1.29 is 14.7 Å². The van der Waals surface area contributed by atoms with Crippen molar-refractivity contribution >= 4 is 23.6 Å². The molecule has 0 aromatic heterocycles. The van der Waals surface area contributed by atoms with Crippen LogP contribution in [0.2, 0.25) is 0 Å². The van der Waals surface area contributed by atoms with Crippen LogP contribution in [0.3, 0.4) is 0 Å². The minimum absolute atomic E-state index is 0.134. The van der Waals surface area contributed by atoms with Gasteiger partial charge in [0.1, 0.15) is 0 Å². The number of rotatable bonds is 5. The molecule has 2 fully saturated rings. The van der Waals surface area contributed by atoms with Crippen molar-refractivity contribution in [3.8, 4) is 0 Å². The minimum Gasteiger partial charge on any atom is -0.389 e. The highest BCUT2D eigenvalue weighted by Crippen LogP contribution is 2.39. The lowest BCUT2D eigenvalue weighted by Crippen LogP contribution is -2.54. The molecule has 0 aromatic carbocycles. The van der Waals surface area contributed by atoms with Gasteiger partial charge >= 0.3 is 0 Å². The number of hydrogen-bond donors (Lipinski definition) is 2. The lowest BCUT2D eigenvalue weighted by atomic mass is 9.71. The molecule has 2 atom stereocenters. The molecule has 2 unspecified atom stereocenters. The number of thioether (sulfide) groups is 1. The van der Waals surface area contributed by atoms with Gasteiger partial charge in [-0.1, -0.05) is 12.8 Å². The van der Waals surface area contributed by atoms with Crippen molar-refractivity contribution in [1.82, 2.24) is 4.90 Å². The van der Waals surface area contributed by atoms with Crippen LogP contribution in [0.25, 0.3) is 0 Å². The van der Waals surface area contributed by atoms with Gasteiger partial charge in [-0.25, -0.2) is 0 Å². The highest BCUT2D eigenvalue weighted by Gasteiger charge is 2.43. The van der Waals surface area contributed by atoms with Crippen molar-refractivity contribution in [3.05, 3.63) is 0 Å². The molecule has 114 valence electrons. The molecule has 0 bridgehead atoms. The number of nitrogens with zero attached hydrogens (tertiary/aromatic N) is 1. The van der Waals surface area contributed by atoms with Gasteiger partial charge in [0.2, 0.25) is 11.8 Å². The first kappa shape index (κ1) is 15.6. The third-order valence-electron chi connectivity index (χ3n) is 4.48. The molecule has 2 aliphatic rings. The number of nitrogens with two attached hydrogens (primary N) is 1. The fraction of sp³-hybridized carbons (Fsp3) is 0.857. The maximum atomic E-state index is 12.1. The molecule has 0 spiro atoms. The number of carbonyl (C=O) groups excluding carboxylic acids is 2. The monoisotopic (exact) mass is 300 g/mol. The molecule has 1 heterocycles. The van der Waals surface area contributed by atoms with E-state index in [2.05, 4.69) is 0 Å². The molecule has 2 amide bonds. The zero-order valence-corrected chi connectivity index (χ0v) is 12.7. The van der Waals surface area contributed by atoms with Crippen molar-refractivity contribution in [3.63, 3.8) is 0 Å². The molecule has 5 nitrogen and oxygen atoms in total. The van der Waals surface area contributed by atoms with Gasteiger partial charge in [0.25, 0.3) is 0 Å². The van der Waals surface area contributed by atoms with E-state index >= 15 is 0 Å². The van der Waals surface area contributed by atoms with E-state index < -0.39 is 5.60 Å². The number of hydrogen-bond acceptors (Lipinski definition) is 4. The average Bonchev–Trinajstić information content (AvgIpc) is 2.42. The van der Waals surface area contributed by atoms with E-state index in [1.54, 1.807) is 0 Å². The van der Waals surface area contributed by atoms with Crippen LogP contribution in [0.1, 0.15) is 38.5 Å². The topological polar surface area (TPSA) is 83.6 Å². The lowest BCUT2D eigenvalue weighted by molar-refractivity contribution is -0.142. The van der Waals surface area contributed by atoms with Gasteiger partial charge in [0, 0.05) is 31.2 Å². The summed E-state index contributed by atoms with van der Waals surface area (Å²) in [5.41, 5.74) is 4.53. The van der Waals surface area contributed by atoms with Crippen LogP contribution in [0.5, 0.6) is 0 Å². The smallest absolute Gasteiger partial charge is 0.227 e. The third-order valence-corrected chi connectivity index (χ3v) is 5.47. The Kier molecular flexibility index (Phi) is 5.32. The quantitative estimate of drug-likeness (QED) is 0.734. The number of aliphatic hydroxyl groups is 1. The van der Waals surface area contributed by atoms with Crippen molar-refractivity contribution in [2.45, 2.75) is 44.1 Å². The van der Waals surface area contributed by atoms with Crippen LogP contribution >= 0.6 is 11.8 Å². The van der Waals surface area contributed by atoms with Crippen LogP contribution in [0.4, 0.5) is 0 Å². The van der Waals surface area contributed by atoms with Gasteiger partial charge in [-0.3, -0.25) is 9.59 Å². The van der Waals surface area contributed by atoms with E-state index in [-0.39, 0.29) is 23.5 Å². The van der Waals surface area contributed by atoms with Gasteiger partial charge in [-0.05, 0) is 19.3 Å². The highest BCUT2D eigenvalue weighted by molar-refractivity contribution is 7.99. The summed E-state index contributed by atoms with van der Waals surface area (Å²) in [6.45, 7) is 1.35. The van der Waals surface area contributed by atoms with E-state index in [4.69, 9.17) is 5.73 Å². The summed E-state index contributed by atoms with van der Waals surface area (Å²) in [7, 11) is 0. The molecule has 20 heavy (non-hydrogen) atoms. The third kappa shape index (κ3) is 3.88. The lowest BCUT2D eigenvalue weighted by Gasteiger charge is -2.47. The first-order chi connectivity index (χ1) is 9.51. The Balaban J connectivity index is 1.76. The second-order valence-corrected chi connectivity index (χ2v) is 7.01. The predicted octanol–water partition coefficient (Wildman–Crippen LogP) is 0.749. The maximum absolute atomic E-state index is 12.1. The number of amides is 2. The van der Waals surface area contributed by atoms with Crippen LogP contribution in [0, 0.1) is 5.92 Å². The fourth-order valence-corrected chi connectivity index (χ4v) is 3.95. The predicted molar refractivity (Wildman–Crippen MR) is 79.2 cm³/mol. The highest BCUT2D eigenvalue weighted by atomic mass is 32.2. The minimum atomic E-state index is -0.532. The molecule has 1 aliphatic heterocycles. The second-order valence-electron chi connectivity index (χ2n) is 5.90. The standard InChI is InChI=1S/C14H24N2O3S/c15-12(17)10-20-8-4-13(18)16-7-6-14(19)5-2-1-3-11(14)9-16/h11,19H,1-10H2,(H2,15,17). The fourth-order valence-electron chi connectivity index (χ4n) is 3.29. The first-order valence-electron chi connectivity index (χ1n) is 7.37. The molecular weight excluding hydrogens is 276 g/mol. The summed E-state index contributed by atoms with van der Waals surface area (Å²) in [6, 6.07) is 0. The number of fused-ring (bicyclic) bond motifs is 1. The summed E-state index contributed by atoms with van der Waals surface area (Å²) in [6.07, 6.45) is 5.32. The zero-order chi connectivity index (χ0) is 14.6. The van der Waals surface area contributed by atoms with E-state index in [9.17, 15) is 14.7 Å². The summed E-state index contributed by atoms with van der Waals surface area (Å²) < 4.78 is 0. The molecule has 3 N–H and O–H groups in total. The van der Waals surface area contributed by atoms with Gasteiger partial charge < -0.3 is 15.7 Å². The normalized spacial score (nSPS) is 29.9. The summed E-state index contributed by atoms with van der Waals surface area (Å²) in [5, 5.41) is 10.6. The Hall–Kier alpha value is -0.750. The second kappa shape index (κ2) is 6.80. The summed E-state index contributed by atoms with van der Waals surface area (Å²) >= 11 is 1.40. The molecule has 1 saturated heterocycles. The van der Waals surface area contributed by atoms with Gasteiger partial charge in [-0.15, -0.1) is 0 Å². The first-order valence-corrected chi connectivity index (χ1v) is 8.53. The Labute approximate surface area is 124 Å². The molecule has 1 aliphatic carbocycles. The Morgan fingerprint density at radius 3 is 2.90 bits per heavy atom. The summed E-state index contributed by atoms with van der Waals surface area (Å²) in [4.78, 5) is 24.6. The van der Waals surface area contributed by atoms with Crippen LogP contribution in [-0.2, 0) is 9.59 Å². The van der Waals surface area contributed by atoms with Gasteiger partial charge in [0.15, 0.2) is 0 Å². The summed E-state index contributed by atoms with van der Waals surface area (Å²) in [5.74, 6) is 0.942. The van der Waals surface area contributed by atoms with E-state index in [0.29, 0.717) is 31.7 Å². The van der Waals surface area contributed by atoms with E-state index in [1.807, 2.05) is 4.90 Å². The SMILES string of the molecule is NC(=O)CSCCC(=O)N1CCC2(O)CCCCC2C1. The molecule has 1 saturated carbocycles. The average molecular weight is 300 g/mol. The van der Waals surface area contributed by atoms with Crippen LogP contribution < -0.4 is 5.73 Å². The van der Waals surface area contributed by atoms with Crippen molar-refractivity contribution in [2.24, 2.45) is 11.7 Å². The number of carbonyl (C=O) groups is 2. The molecule has 0 radical (unpaired) electrons. The van der Waals surface area contributed by atoms with Crippen molar-refractivity contribution in [1.29, 1.82) is 0 Å². The molecule has 6 heteroatoms. The Bertz CT molecular complexity index is 377. The number of primary amides is 1. The van der Waals surface area contributed by atoms with Crippen LogP contribution in [0.15, 0.2) is 0 Å². The Morgan fingerprint density at radius 1 is 1.35 bits per heavy atom. The van der Waals surface area contributed by atoms with Crippen molar-refractivity contribution in [2.75, 3.05) is 24.6 Å². The van der Waals surface area contributed by atoms with E-state index in [0.717, 1.165) is 25.7 Å². The largest absolute Gasteiger partial charge is 0.389 e. The van der Waals surface area contributed by atoms with Crippen LogP contribution in [-0.4, -0.2) is 52.0 Å². The molecular formula is C14H24N2O3S. The van der Waals surface area contributed by atoms with E-state index in [1.165, 1.54) is 11.8 Å². The van der Waals surface area contributed by atoms with Gasteiger partial charge in [-0.2, -0.15) is 11.8 Å². The maximum Gasteiger partial charge on any atom is 0.227 e.